The number of hydrazine groups is 3. The Morgan fingerprint density at radius 2 is 1.85 bits per heavy atom. The molecule has 0 aliphatic carbocycles. The highest BCUT2D eigenvalue weighted by Gasteiger charge is 2.17. The van der Waals surface area contributed by atoms with Crippen LogP contribution in [0.4, 0.5) is 0 Å². The van der Waals surface area contributed by atoms with Crippen LogP contribution in [0.2, 0.25) is 0 Å². The topological polar surface area (TPSA) is 57.4 Å². The molecule has 5 nitrogen and oxygen atoms in total. The third kappa shape index (κ3) is 1.63. The van der Waals surface area contributed by atoms with Gasteiger partial charge in [0.1, 0.15) is 11.9 Å². The van der Waals surface area contributed by atoms with E-state index in [4.69, 9.17) is 4.74 Å². The molecule has 1 aromatic rings. The molecule has 4 N–H and O–H groups in total. The van der Waals surface area contributed by atoms with E-state index in [0.29, 0.717) is 0 Å². The molecule has 1 aliphatic rings. The second kappa shape index (κ2) is 3.71. The van der Waals surface area contributed by atoms with Crippen LogP contribution in [0, 0.1) is 0 Å². The Hall–Kier alpha value is -1.14. The van der Waals surface area contributed by atoms with Gasteiger partial charge in [-0.1, -0.05) is 18.2 Å². The molecule has 0 bridgehead atoms. The first kappa shape index (κ1) is 8.46. The van der Waals surface area contributed by atoms with E-state index in [9.17, 15) is 0 Å². The van der Waals surface area contributed by atoms with E-state index in [-0.39, 0.29) is 6.17 Å². The number of hydrogen-bond acceptors (Lipinski definition) is 5. The van der Waals surface area contributed by atoms with E-state index in [1.54, 1.807) is 7.11 Å². The van der Waals surface area contributed by atoms with Crippen molar-refractivity contribution in [2.45, 2.75) is 6.17 Å². The fourth-order valence-corrected chi connectivity index (χ4v) is 1.31. The van der Waals surface area contributed by atoms with Crippen LogP contribution < -0.4 is 26.7 Å². The van der Waals surface area contributed by atoms with E-state index >= 15 is 0 Å². The number of ether oxygens (including phenoxy) is 1. The second-order valence-electron chi connectivity index (χ2n) is 2.71. The summed E-state index contributed by atoms with van der Waals surface area (Å²) in [5, 5.41) is 0. The first-order valence-electron chi connectivity index (χ1n) is 4.06. The zero-order valence-corrected chi connectivity index (χ0v) is 7.29. The van der Waals surface area contributed by atoms with Crippen molar-refractivity contribution in [3.8, 4) is 5.75 Å². The molecule has 1 fully saturated rings. The van der Waals surface area contributed by atoms with Crippen molar-refractivity contribution in [2.24, 2.45) is 0 Å². The summed E-state index contributed by atoms with van der Waals surface area (Å²) in [4.78, 5) is 0. The molecule has 1 saturated heterocycles. The lowest BCUT2D eigenvalue weighted by Crippen LogP contribution is -2.33. The largest absolute Gasteiger partial charge is 0.496 e. The molecule has 70 valence electrons. The van der Waals surface area contributed by atoms with Gasteiger partial charge in [0.15, 0.2) is 0 Å². The second-order valence-corrected chi connectivity index (χ2v) is 2.71. The minimum Gasteiger partial charge on any atom is -0.496 e. The molecule has 1 aromatic carbocycles. The zero-order valence-electron chi connectivity index (χ0n) is 7.29. The molecule has 0 unspecified atom stereocenters. The molecule has 2 rings (SSSR count). The summed E-state index contributed by atoms with van der Waals surface area (Å²) in [6.45, 7) is 0. The van der Waals surface area contributed by atoms with Gasteiger partial charge in [-0.05, 0) is 6.07 Å². The van der Waals surface area contributed by atoms with E-state index in [2.05, 4.69) is 21.9 Å². The van der Waals surface area contributed by atoms with Gasteiger partial charge < -0.3 is 4.74 Å². The first-order chi connectivity index (χ1) is 6.42. The van der Waals surface area contributed by atoms with Crippen LogP contribution in [0.5, 0.6) is 5.75 Å². The van der Waals surface area contributed by atoms with Gasteiger partial charge >= 0.3 is 0 Å². The van der Waals surface area contributed by atoms with Crippen LogP contribution in [0.25, 0.3) is 0 Å². The van der Waals surface area contributed by atoms with Crippen LogP contribution in [0.3, 0.4) is 0 Å². The minimum atomic E-state index is 0.0242. The fraction of sp³-hybridized carbons (Fsp3) is 0.250. The first-order valence-corrected chi connectivity index (χ1v) is 4.06. The van der Waals surface area contributed by atoms with Gasteiger partial charge in [-0.3, -0.25) is 0 Å². The number of hydrogen-bond donors (Lipinski definition) is 4. The van der Waals surface area contributed by atoms with E-state index in [1.807, 2.05) is 24.3 Å². The van der Waals surface area contributed by atoms with E-state index < -0.39 is 0 Å². The van der Waals surface area contributed by atoms with Crippen molar-refractivity contribution in [3.05, 3.63) is 29.8 Å². The Kier molecular flexibility index (Phi) is 2.42. The summed E-state index contributed by atoms with van der Waals surface area (Å²) in [6.07, 6.45) is 0.0242. The maximum atomic E-state index is 5.22. The van der Waals surface area contributed by atoms with Gasteiger partial charge in [0.05, 0.1) is 7.11 Å². The summed E-state index contributed by atoms with van der Waals surface area (Å²) >= 11 is 0. The maximum absolute atomic E-state index is 5.22. The summed E-state index contributed by atoms with van der Waals surface area (Å²) in [5.74, 6) is 0.859. The van der Waals surface area contributed by atoms with Gasteiger partial charge in [0.2, 0.25) is 0 Å². The Labute approximate surface area is 76.4 Å². The SMILES string of the molecule is COc1ccccc1C1NNNN1. The van der Waals surface area contributed by atoms with Crippen LogP contribution in [0.1, 0.15) is 11.7 Å². The van der Waals surface area contributed by atoms with Gasteiger partial charge in [0.25, 0.3) is 0 Å². The number of methoxy groups -OCH3 is 1. The third-order valence-corrected chi connectivity index (χ3v) is 1.95. The summed E-state index contributed by atoms with van der Waals surface area (Å²) in [5.41, 5.74) is 12.6. The van der Waals surface area contributed by atoms with Crippen LogP contribution in [0.15, 0.2) is 24.3 Å². The van der Waals surface area contributed by atoms with Crippen molar-refractivity contribution < 1.29 is 4.74 Å². The summed E-state index contributed by atoms with van der Waals surface area (Å²) in [6, 6.07) is 7.84. The van der Waals surface area contributed by atoms with Gasteiger partial charge in [0, 0.05) is 5.56 Å². The zero-order chi connectivity index (χ0) is 9.10. The molecule has 1 aliphatic heterocycles. The van der Waals surface area contributed by atoms with E-state index in [1.165, 1.54) is 0 Å². The lowest BCUT2D eigenvalue weighted by molar-refractivity contribution is 0.398. The smallest absolute Gasteiger partial charge is 0.125 e. The molecular formula is C8H12N4O. The maximum Gasteiger partial charge on any atom is 0.125 e. The quantitative estimate of drug-likeness (QED) is 0.508. The van der Waals surface area contributed by atoms with Crippen molar-refractivity contribution in [1.82, 2.24) is 21.9 Å². The highest BCUT2D eigenvalue weighted by molar-refractivity contribution is 5.35. The predicted octanol–water partition coefficient (Wildman–Crippen LogP) is -0.189. The molecule has 0 amide bonds. The van der Waals surface area contributed by atoms with Crippen LogP contribution in [-0.4, -0.2) is 7.11 Å². The fourth-order valence-electron chi connectivity index (χ4n) is 1.31. The third-order valence-electron chi connectivity index (χ3n) is 1.95. The lowest BCUT2D eigenvalue weighted by atomic mass is 10.1. The normalized spacial score (nSPS) is 17.6. The Morgan fingerprint density at radius 3 is 2.54 bits per heavy atom. The molecule has 1 heterocycles. The van der Waals surface area contributed by atoms with Gasteiger partial charge in [-0.15, -0.1) is 0 Å². The Bertz CT molecular complexity index is 285. The van der Waals surface area contributed by atoms with Crippen molar-refractivity contribution in [2.75, 3.05) is 7.11 Å². The Balaban J connectivity index is 2.26. The van der Waals surface area contributed by atoms with Crippen LogP contribution >= 0.6 is 0 Å². The predicted molar refractivity (Wildman–Crippen MR) is 48.3 cm³/mol. The van der Waals surface area contributed by atoms with Crippen molar-refractivity contribution in [1.29, 1.82) is 0 Å². The van der Waals surface area contributed by atoms with Gasteiger partial charge in [-0.2, -0.15) is 11.1 Å². The Morgan fingerprint density at radius 1 is 1.15 bits per heavy atom. The van der Waals surface area contributed by atoms with Crippen molar-refractivity contribution in [3.63, 3.8) is 0 Å². The highest BCUT2D eigenvalue weighted by Crippen LogP contribution is 2.22. The molecule has 0 atom stereocenters. The van der Waals surface area contributed by atoms with E-state index in [0.717, 1.165) is 11.3 Å². The average molecular weight is 180 g/mol. The lowest BCUT2D eigenvalue weighted by Gasteiger charge is -2.12. The number of rotatable bonds is 2. The number of para-hydroxylation sites is 1. The average Bonchev–Trinajstić information content (AvgIpc) is 2.70. The molecule has 0 saturated carbocycles. The molecule has 0 radical (unpaired) electrons. The molecule has 0 spiro atoms. The van der Waals surface area contributed by atoms with Gasteiger partial charge in [-0.25, -0.2) is 10.9 Å². The van der Waals surface area contributed by atoms with Crippen LogP contribution in [-0.2, 0) is 0 Å². The molecule has 13 heavy (non-hydrogen) atoms. The molecule has 0 aromatic heterocycles. The van der Waals surface area contributed by atoms with Crippen molar-refractivity contribution >= 4 is 0 Å². The molecule has 5 heteroatoms. The number of benzene rings is 1. The highest BCUT2D eigenvalue weighted by atomic mass is 16.5. The molecular weight excluding hydrogens is 168 g/mol. The number of nitrogens with one attached hydrogen (secondary N) is 4. The minimum absolute atomic E-state index is 0.0242. The summed E-state index contributed by atoms with van der Waals surface area (Å²) in [7, 11) is 1.66. The summed E-state index contributed by atoms with van der Waals surface area (Å²) < 4.78 is 5.22. The standard InChI is InChI=1S/C8H12N4O/c1-13-7-5-3-2-4-6(7)8-9-11-12-10-8/h2-5,8-12H,1H3. The monoisotopic (exact) mass is 180 g/mol.